The molecule has 1 atom stereocenters. The predicted octanol–water partition coefficient (Wildman–Crippen LogP) is 2.86. The highest BCUT2D eigenvalue weighted by Gasteiger charge is 2.35. The second-order valence-corrected chi connectivity index (χ2v) is 5.07. The number of anilines is 1. The predicted molar refractivity (Wildman–Crippen MR) is 71.9 cm³/mol. The fourth-order valence-electron chi connectivity index (χ4n) is 1.65. The first kappa shape index (κ1) is 12.6. The lowest BCUT2D eigenvalue weighted by atomic mass is 9.92. The fraction of sp³-hybridized carbons (Fsp3) is 0.231. The maximum Gasteiger partial charge on any atom is 0.333 e. The van der Waals surface area contributed by atoms with Crippen molar-refractivity contribution in [1.82, 2.24) is 4.98 Å². The minimum absolute atomic E-state index is 0.612. The van der Waals surface area contributed by atoms with Crippen LogP contribution in [0.2, 0.25) is 0 Å². The Bertz CT molecular complexity index is 553. The number of aryl methyl sites for hydroxylation is 1. The van der Waals surface area contributed by atoms with Gasteiger partial charge in [0.05, 0.1) is 5.69 Å². The number of hydrogen-bond donors (Lipinski definition) is 2. The van der Waals surface area contributed by atoms with Gasteiger partial charge in [-0.2, -0.15) is 0 Å². The first-order valence-electron chi connectivity index (χ1n) is 5.51. The van der Waals surface area contributed by atoms with Gasteiger partial charge in [-0.05, 0) is 19.4 Å². The van der Waals surface area contributed by atoms with Crippen LogP contribution in [0.3, 0.4) is 0 Å². The minimum atomic E-state index is -1.18. The van der Waals surface area contributed by atoms with Crippen molar-refractivity contribution in [2.45, 2.75) is 19.4 Å². The molecule has 0 saturated carbocycles. The minimum Gasteiger partial charge on any atom is -0.479 e. The van der Waals surface area contributed by atoms with Crippen LogP contribution in [0.4, 0.5) is 5.13 Å². The Hall–Kier alpha value is -1.88. The van der Waals surface area contributed by atoms with Crippen LogP contribution in [0.25, 0.3) is 0 Å². The van der Waals surface area contributed by atoms with Crippen LogP contribution in [0, 0.1) is 6.92 Å². The summed E-state index contributed by atoms with van der Waals surface area (Å²) in [6, 6.07) is 9.10. The number of nitrogens with one attached hydrogen (secondary N) is 1. The second-order valence-electron chi connectivity index (χ2n) is 4.22. The van der Waals surface area contributed by atoms with Crippen LogP contribution >= 0.6 is 11.3 Å². The third-order valence-corrected chi connectivity index (χ3v) is 3.63. The highest BCUT2D eigenvalue weighted by Crippen LogP contribution is 2.28. The molecule has 0 aliphatic rings. The zero-order valence-electron chi connectivity index (χ0n) is 10.2. The van der Waals surface area contributed by atoms with E-state index in [1.807, 2.05) is 30.5 Å². The van der Waals surface area contributed by atoms with Crippen molar-refractivity contribution >= 4 is 22.4 Å². The topological polar surface area (TPSA) is 62.2 Å². The van der Waals surface area contributed by atoms with E-state index in [9.17, 15) is 9.90 Å². The summed E-state index contributed by atoms with van der Waals surface area (Å²) in [6.07, 6.45) is 0. The summed E-state index contributed by atoms with van der Waals surface area (Å²) < 4.78 is 0. The van der Waals surface area contributed by atoms with Crippen LogP contribution in [0.5, 0.6) is 0 Å². The molecule has 1 aromatic heterocycles. The number of nitrogens with zero attached hydrogens (tertiary/aromatic N) is 1. The van der Waals surface area contributed by atoms with Gasteiger partial charge in [-0.3, -0.25) is 0 Å². The van der Waals surface area contributed by atoms with E-state index in [0.717, 1.165) is 5.69 Å². The van der Waals surface area contributed by atoms with Crippen LogP contribution in [0.1, 0.15) is 18.2 Å². The Morgan fingerprint density at radius 3 is 2.56 bits per heavy atom. The normalized spacial score (nSPS) is 13.9. The molecule has 0 bridgehead atoms. The molecule has 0 amide bonds. The molecule has 2 aromatic rings. The first-order chi connectivity index (χ1) is 8.52. The van der Waals surface area contributed by atoms with E-state index in [1.54, 1.807) is 19.1 Å². The molecule has 94 valence electrons. The van der Waals surface area contributed by atoms with E-state index < -0.39 is 11.5 Å². The Balaban J connectivity index is 2.36. The number of aliphatic carboxylic acids is 1. The molecule has 0 spiro atoms. The van der Waals surface area contributed by atoms with Crippen LogP contribution in [-0.4, -0.2) is 16.1 Å². The number of thiazole rings is 1. The van der Waals surface area contributed by atoms with Crippen LogP contribution in [-0.2, 0) is 10.3 Å². The third-order valence-electron chi connectivity index (χ3n) is 2.75. The molecular weight excluding hydrogens is 248 g/mol. The molecule has 1 heterocycles. The molecule has 0 radical (unpaired) electrons. The van der Waals surface area contributed by atoms with Gasteiger partial charge in [-0.25, -0.2) is 9.78 Å². The number of carboxylic acid groups (broad SMARTS) is 1. The molecule has 0 saturated heterocycles. The van der Waals surface area contributed by atoms with Gasteiger partial charge in [-0.1, -0.05) is 30.3 Å². The second kappa shape index (κ2) is 4.78. The number of benzene rings is 1. The lowest BCUT2D eigenvalue weighted by Gasteiger charge is -2.26. The lowest BCUT2D eigenvalue weighted by Crippen LogP contribution is -2.40. The third kappa shape index (κ3) is 2.36. The van der Waals surface area contributed by atoms with Gasteiger partial charge in [-0.15, -0.1) is 11.3 Å². The average molecular weight is 262 g/mol. The summed E-state index contributed by atoms with van der Waals surface area (Å²) in [6.45, 7) is 3.52. The number of hydrogen-bond acceptors (Lipinski definition) is 4. The summed E-state index contributed by atoms with van der Waals surface area (Å²) in [7, 11) is 0. The molecular formula is C13H14N2O2S. The smallest absolute Gasteiger partial charge is 0.333 e. The summed E-state index contributed by atoms with van der Waals surface area (Å²) in [5, 5.41) is 15.0. The molecule has 0 fully saturated rings. The first-order valence-corrected chi connectivity index (χ1v) is 6.39. The van der Waals surface area contributed by atoms with Gasteiger partial charge in [0, 0.05) is 5.38 Å². The Morgan fingerprint density at radius 1 is 1.39 bits per heavy atom. The largest absolute Gasteiger partial charge is 0.479 e. The number of aromatic nitrogens is 1. The summed E-state index contributed by atoms with van der Waals surface area (Å²) in [4.78, 5) is 15.8. The quantitative estimate of drug-likeness (QED) is 0.889. The van der Waals surface area contributed by atoms with Crippen molar-refractivity contribution in [2.75, 3.05) is 5.32 Å². The fourth-order valence-corrected chi connectivity index (χ4v) is 2.44. The number of carboxylic acids is 1. The lowest BCUT2D eigenvalue weighted by molar-refractivity contribution is -0.142. The van der Waals surface area contributed by atoms with Gasteiger partial charge < -0.3 is 10.4 Å². The van der Waals surface area contributed by atoms with E-state index in [-0.39, 0.29) is 0 Å². The average Bonchev–Trinajstić information content (AvgIpc) is 2.75. The Kier molecular flexibility index (Phi) is 3.34. The highest BCUT2D eigenvalue weighted by atomic mass is 32.1. The molecule has 18 heavy (non-hydrogen) atoms. The standard InChI is InChI=1S/C13H14N2O2S/c1-9-8-18-12(14-9)15-13(2,11(16)17)10-6-4-3-5-7-10/h3-8H,1-2H3,(H,14,15)(H,16,17). The SMILES string of the molecule is Cc1csc(NC(C)(C(=O)O)c2ccccc2)n1. The van der Waals surface area contributed by atoms with E-state index in [2.05, 4.69) is 10.3 Å². The summed E-state index contributed by atoms with van der Waals surface area (Å²) in [5.74, 6) is -0.929. The van der Waals surface area contributed by atoms with Gasteiger partial charge in [0.15, 0.2) is 10.7 Å². The molecule has 2 rings (SSSR count). The summed E-state index contributed by atoms with van der Waals surface area (Å²) >= 11 is 1.40. The van der Waals surface area contributed by atoms with Gasteiger partial charge >= 0.3 is 5.97 Å². The van der Waals surface area contributed by atoms with Gasteiger partial charge in [0.1, 0.15) is 0 Å². The molecule has 1 aromatic carbocycles. The Morgan fingerprint density at radius 2 is 2.06 bits per heavy atom. The van der Waals surface area contributed by atoms with E-state index in [4.69, 9.17) is 0 Å². The van der Waals surface area contributed by atoms with Crippen molar-refractivity contribution in [2.24, 2.45) is 0 Å². The van der Waals surface area contributed by atoms with Crippen molar-refractivity contribution in [3.8, 4) is 0 Å². The molecule has 2 N–H and O–H groups in total. The number of rotatable bonds is 4. The molecule has 5 heteroatoms. The van der Waals surface area contributed by atoms with Crippen molar-refractivity contribution in [1.29, 1.82) is 0 Å². The molecule has 1 unspecified atom stereocenters. The van der Waals surface area contributed by atoms with Gasteiger partial charge in [0.25, 0.3) is 0 Å². The van der Waals surface area contributed by atoms with Crippen molar-refractivity contribution in [3.05, 3.63) is 47.0 Å². The molecule has 0 aliphatic heterocycles. The maximum absolute atomic E-state index is 11.5. The van der Waals surface area contributed by atoms with Crippen LogP contribution in [0.15, 0.2) is 35.7 Å². The summed E-state index contributed by atoms with van der Waals surface area (Å²) in [5.41, 5.74) is 0.402. The van der Waals surface area contributed by atoms with Gasteiger partial charge in [0.2, 0.25) is 0 Å². The zero-order chi connectivity index (χ0) is 13.2. The zero-order valence-corrected chi connectivity index (χ0v) is 11.0. The van der Waals surface area contributed by atoms with E-state index in [1.165, 1.54) is 11.3 Å². The Labute approximate surface area is 109 Å². The monoisotopic (exact) mass is 262 g/mol. The number of carbonyl (C=O) groups is 1. The highest BCUT2D eigenvalue weighted by molar-refractivity contribution is 7.13. The molecule has 4 nitrogen and oxygen atoms in total. The van der Waals surface area contributed by atoms with Crippen molar-refractivity contribution < 1.29 is 9.90 Å². The van der Waals surface area contributed by atoms with Crippen LogP contribution < -0.4 is 5.32 Å². The van der Waals surface area contributed by atoms with Crippen molar-refractivity contribution in [3.63, 3.8) is 0 Å². The molecule has 0 aliphatic carbocycles. The van der Waals surface area contributed by atoms with E-state index in [0.29, 0.717) is 10.7 Å². The maximum atomic E-state index is 11.5. The van der Waals surface area contributed by atoms with E-state index >= 15 is 0 Å².